The molecule has 0 radical (unpaired) electrons. The zero-order valence-corrected chi connectivity index (χ0v) is 11.3. The monoisotopic (exact) mass is 296 g/mol. The molecule has 0 unspecified atom stereocenters. The summed E-state index contributed by atoms with van der Waals surface area (Å²) in [5.41, 5.74) is 7.14. The third-order valence-electron chi connectivity index (χ3n) is 3.89. The standard InChI is InChI=1S/C13H14F2N4O2/c1-21-12(20)7-4-6-8(5-17-7)18-13(16)19-9(6)2-3-10(19)11(14)15/h4-5,9-11H,2-3H2,1H3,(H2,16,18)/t9-,10-/m1/s1. The number of rotatable bonds is 2. The van der Waals surface area contributed by atoms with Gasteiger partial charge in [-0.1, -0.05) is 0 Å². The minimum absolute atomic E-state index is 0.0721. The number of nitrogens with zero attached hydrogens (tertiary/aromatic N) is 3. The lowest BCUT2D eigenvalue weighted by Gasteiger charge is -2.34. The molecule has 3 heterocycles. The molecule has 0 aliphatic carbocycles. The van der Waals surface area contributed by atoms with Gasteiger partial charge in [0.15, 0.2) is 5.96 Å². The summed E-state index contributed by atoms with van der Waals surface area (Å²) in [4.78, 5) is 21.1. The number of hydrogen-bond donors (Lipinski definition) is 1. The number of ether oxygens (including phenoxy) is 1. The van der Waals surface area contributed by atoms with Crippen molar-refractivity contribution in [3.05, 3.63) is 23.5 Å². The highest BCUT2D eigenvalue weighted by Crippen LogP contribution is 2.44. The Morgan fingerprint density at radius 2 is 2.29 bits per heavy atom. The van der Waals surface area contributed by atoms with Gasteiger partial charge in [-0.3, -0.25) is 0 Å². The number of esters is 1. The van der Waals surface area contributed by atoms with Crippen molar-refractivity contribution in [3.8, 4) is 0 Å². The minimum atomic E-state index is -2.49. The van der Waals surface area contributed by atoms with Gasteiger partial charge in [0, 0.05) is 5.56 Å². The van der Waals surface area contributed by atoms with E-state index in [-0.39, 0.29) is 17.7 Å². The van der Waals surface area contributed by atoms with E-state index >= 15 is 0 Å². The molecule has 1 aromatic heterocycles. The lowest BCUT2D eigenvalue weighted by Crippen LogP contribution is -2.46. The number of halogens is 2. The lowest BCUT2D eigenvalue weighted by molar-refractivity contribution is 0.0590. The second-order valence-electron chi connectivity index (χ2n) is 4.99. The van der Waals surface area contributed by atoms with Crippen LogP contribution in [0.3, 0.4) is 0 Å². The number of pyridine rings is 1. The maximum absolute atomic E-state index is 13.1. The number of aliphatic imine (C=N–C) groups is 1. The van der Waals surface area contributed by atoms with E-state index in [2.05, 4.69) is 14.7 Å². The maximum atomic E-state index is 13.1. The number of fused-ring (bicyclic) bond motifs is 3. The van der Waals surface area contributed by atoms with Crippen molar-refractivity contribution < 1.29 is 18.3 Å². The highest BCUT2D eigenvalue weighted by Gasteiger charge is 2.43. The first-order valence-corrected chi connectivity index (χ1v) is 6.52. The third-order valence-corrected chi connectivity index (χ3v) is 3.89. The molecule has 21 heavy (non-hydrogen) atoms. The molecule has 1 saturated heterocycles. The third kappa shape index (κ3) is 2.10. The van der Waals surface area contributed by atoms with Crippen molar-refractivity contribution in [2.24, 2.45) is 10.7 Å². The Bertz CT molecular complexity index is 620. The van der Waals surface area contributed by atoms with E-state index in [1.165, 1.54) is 18.2 Å². The number of hydrogen-bond acceptors (Lipinski definition) is 6. The van der Waals surface area contributed by atoms with Gasteiger partial charge in [-0.15, -0.1) is 0 Å². The van der Waals surface area contributed by atoms with Crippen LogP contribution in [0.5, 0.6) is 0 Å². The number of carbonyl (C=O) groups is 1. The van der Waals surface area contributed by atoms with Crippen molar-refractivity contribution >= 4 is 17.6 Å². The molecule has 3 rings (SSSR count). The summed E-state index contributed by atoms with van der Waals surface area (Å²) in [6, 6.07) is 0.298. The summed E-state index contributed by atoms with van der Waals surface area (Å²) in [6.45, 7) is 0. The van der Waals surface area contributed by atoms with Crippen molar-refractivity contribution in [1.82, 2.24) is 9.88 Å². The fraction of sp³-hybridized carbons (Fsp3) is 0.462. The molecule has 1 aromatic rings. The van der Waals surface area contributed by atoms with Crippen LogP contribution >= 0.6 is 0 Å². The molecule has 2 aliphatic rings. The Kier molecular flexibility index (Phi) is 3.23. The Hall–Kier alpha value is -2.25. The minimum Gasteiger partial charge on any atom is -0.464 e. The van der Waals surface area contributed by atoms with Gasteiger partial charge >= 0.3 is 5.97 Å². The highest BCUT2D eigenvalue weighted by atomic mass is 19.3. The van der Waals surface area contributed by atoms with Gasteiger partial charge in [-0.2, -0.15) is 0 Å². The largest absolute Gasteiger partial charge is 0.464 e. The van der Waals surface area contributed by atoms with Crippen LogP contribution in [0.1, 0.15) is 34.9 Å². The van der Waals surface area contributed by atoms with Gasteiger partial charge < -0.3 is 15.4 Å². The molecule has 0 aromatic carbocycles. The fourth-order valence-electron chi connectivity index (χ4n) is 2.94. The molecule has 0 saturated carbocycles. The van der Waals surface area contributed by atoms with Gasteiger partial charge in [0.1, 0.15) is 5.69 Å². The molecule has 0 amide bonds. The molecule has 0 bridgehead atoms. The SMILES string of the molecule is COC(=O)c1cc2c(cn1)N=C(N)N1[C@@H]2CC[C@@H]1C(F)F. The summed E-state index contributed by atoms with van der Waals surface area (Å²) in [7, 11) is 1.26. The predicted molar refractivity (Wildman–Crippen MR) is 70.5 cm³/mol. The average Bonchev–Trinajstić information content (AvgIpc) is 2.92. The average molecular weight is 296 g/mol. The van der Waals surface area contributed by atoms with Crippen molar-refractivity contribution in [2.75, 3.05) is 7.11 Å². The first-order valence-electron chi connectivity index (χ1n) is 6.52. The smallest absolute Gasteiger partial charge is 0.356 e. The first kappa shape index (κ1) is 13.7. The Balaban J connectivity index is 2.04. The highest BCUT2D eigenvalue weighted by molar-refractivity contribution is 5.89. The summed E-state index contributed by atoms with van der Waals surface area (Å²) < 4.78 is 30.8. The zero-order chi connectivity index (χ0) is 15.1. The summed E-state index contributed by atoms with van der Waals surface area (Å²) >= 11 is 0. The lowest BCUT2D eigenvalue weighted by atomic mass is 10.0. The number of methoxy groups -OCH3 is 1. The van der Waals surface area contributed by atoms with Crippen LogP contribution in [-0.2, 0) is 4.74 Å². The van der Waals surface area contributed by atoms with Crippen LogP contribution in [0.4, 0.5) is 14.5 Å². The molecule has 0 spiro atoms. The van der Waals surface area contributed by atoms with Crippen LogP contribution in [0, 0.1) is 0 Å². The van der Waals surface area contributed by atoms with Crippen LogP contribution in [-0.4, -0.2) is 41.4 Å². The van der Waals surface area contributed by atoms with Crippen molar-refractivity contribution in [2.45, 2.75) is 31.4 Å². The summed E-state index contributed by atoms with van der Waals surface area (Å²) in [6.07, 6.45) is -0.217. The molecular formula is C13H14F2N4O2. The summed E-state index contributed by atoms with van der Waals surface area (Å²) in [5.74, 6) is -0.502. The molecule has 8 heteroatoms. The van der Waals surface area contributed by atoms with E-state index in [1.807, 2.05) is 0 Å². The van der Waals surface area contributed by atoms with Crippen LogP contribution < -0.4 is 5.73 Å². The maximum Gasteiger partial charge on any atom is 0.356 e. The second kappa shape index (κ2) is 4.94. The van der Waals surface area contributed by atoms with Gasteiger partial charge in [-0.05, 0) is 18.9 Å². The second-order valence-corrected chi connectivity index (χ2v) is 4.99. The molecule has 2 aliphatic heterocycles. The van der Waals surface area contributed by atoms with Gasteiger partial charge in [0.05, 0.1) is 31.1 Å². The van der Waals surface area contributed by atoms with E-state index in [1.54, 1.807) is 6.07 Å². The molecule has 2 atom stereocenters. The Morgan fingerprint density at radius 1 is 1.52 bits per heavy atom. The molecule has 2 N–H and O–H groups in total. The zero-order valence-electron chi connectivity index (χ0n) is 11.3. The van der Waals surface area contributed by atoms with Crippen LogP contribution in [0.15, 0.2) is 17.3 Å². The number of guanidine groups is 1. The molecule has 6 nitrogen and oxygen atoms in total. The molecular weight excluding hydrogens is 282 g/mol. The quantitative estimate of drug-likeness (QED) is 0.838. The topological polar surface area (TPSA) is 80.8 Å². The number of carbonyl (C=O) groups excluding carboxylic acids is 1. The van der Waals surface area contributed by atoms with E-state index in [0.717, 1.165) is 0 Å². The van der Waals surface area contributed by atoms with E-state index in [0.29, 0.717) is 24.1 Å². The van der Waals surface area contributed by atoms with Gasteiger partial charge in [-0.25, -0.2) is 23.6 Å². The Labute approximate surface area is 119 Å². The van der Waals surface area contributed by atoms with Crippen LogP contribution in [0.25, 0.3) is 0 Å². The van der Waals surface area contributed by atoms with E-state index < -0.39 is 18.4 Å². The summed E-state index contributed by atoms with van der Waals surface area (Å²) in [5, 5.41) is 0. The fourth-order valence-corrected chi connectivity index (χ4v) is 2.94. The first-order chi connectivity index (χ1) is 10.0. The predicted octanol–water partition coefficient (Wildman–Crippen LogP) is 1.60. The molecule has 1 fully saturated rings. The Morgan fingerprint density at radius 3 is 2.95 bits per heavy atom. The number of alkyl halides is 2. The normalized spacial score (nSPS) is 23.6. The van der Waals surface area contributed by atoms with Crippen LogP contribution in [0.2, 0.25) is 0 Å². The van der Waals surface area contributed by atoms with Gasteiger partial charge in [0.25, 0.3) is 6.43 Å². The van der Waals surface area contributed by atoms with Crippen molar-refractivity contribution in [1.29, 1.82) is 0 Å². The number of aromatic nitrogens is 1. The van der Waals surface area contributed by atoms with Gasteiger partial charge in [0.2, 0.25) is 0 Å². The van der Waals surface area contributed by atoms with E-state index in [4.69, 9.17) is 5.73 Å². The number of nitrogens with two attached hydrogens (primary N) is 1. The molecule has 112 valence electrons. The van der Waals surface area contributed by atoms with Crippen molar-refractivity contribution in [3.63, 3.8) is 0 Å². The van der Waals surface area contributed by atoms with E-state index in [9.17, 15) is 13.6 Å².